The van der Waals surface area contributed by atoms with Gasteiger partial charge in [0.15, 0.2) is 0 Å². The summed E-state index contributed by atoms with van der Waals surface area (Å²) in [4.78, 5) is 25.5. The molecular weight excluding hydrogens is 282 g/mol. The van der Waals surface area contributed by atoms with Gasteiger partial charge in [0.05, 0.1) is 18.6 Å². The third-order valence-electron chi connectivity index (χ3n) is 2.96. The van der Waals surface area contributed by atoms with Crippen molar-refractivity contribution >= 4 is 16.9 Å². The molecule has 7 nitrogen and oxygen atoms in total. The van der Waals surface area contributed by atoms with Gasteiger partial charge in [0.1, 0.15) is 12.0 Å². The van der Waals surface area contributed by atoms with Gasteiger partial charge in [-0.25, -0.2) is 14.8 Å². The summed E-state index contributed by atoms with van der Waals surface area (Å²) in [6, 6.07) is 0. The fraction of sp³-hybridized carbons (Fsp3) is 0.333. The normalized spacial score (nSPS) is 11.6. The maximum Gasteiger partial charge on any atom is 0.247 e. The van der Waals surface area contributed by atoms with Gasteiger partial charge in [-0.2, -0.15) is 0 Å². The Morgan fingerprint density at radius 2 is 2.32 bits per heavy atom. The van der Waals surface area contributed by atoms with Crippen LogP contribution in [0.2, 0.25) is 0 Å². The van der Waals surface area contributed by atoms with Crippen LogP contribution in [0.4, 0.5) is 0 Å². The zero-order valence-corrected chi connectivity index (χ0v) is 12.5. The summed E-state index contributed by atoms with van der Waals surface area (Å²) in [5, 5.41) is 0.758. The molecule has 0 saturated carbocycles. The molecule has 0 atom stereocenters. The van der Waals surface area contributed by atoms with Crippen LogP contribution in [-0.2, 0) is 11.2 Å². The average Bonchev–Trinajstić information content (AvgIpc) is 2.89. The van der Waals surface area contributed by atoms with Crippen LogP contribution in [0.25, 0.3) is 15.9 Å². The Bertz CT molecular complexity index is 755. The highest BCUT2D eigenvalue weighted by Crippen LogP contribution is 2.26. The van der Waals surface area contributed by atoms with Crippen molar-refractivity contribution in [2.45, 2.75) is 20.3 Å². The number of fused-ring (bicyclic) bond motifs is 1. The summed E-state index contributed by atoms with van der Waals surface area (Å²) in [6.45, 7) is 11.6. The minimum atomic E-state index is -0.734. The number of amides is 1. The molecule has 1 amide bonds. The number of nitrogens with two attached hydrogens (primary N) is 1. The van der Waals surface area contributed by atoms with Crippen molar-refractivity contribution in [3.8, 4) is 5.88 Å². The first-order valence-corrected chi connectivity index (χ1v) is 6.84. The van der Waals surface area contributed by atoms with E-state index in [4.69, 9.17) is 17.0 Å². The average molecular weight is 299 g/mol. The zero-order valence-electron chi connectivity index (χ0n) is 12.5. The van der Waals surface area contributed by atoms with Gasteiger partial charge in [0.2, 0.25) is 17.5 Å². The molecule has 22 heavy (non-hydrogen) atoms. The van der Waals surface area contributed by atoms with E-state index in [1.165, 1.54) is 12.4 Å². The molecule has 0 aliphatic heterocycles. The molecule has 0 aromatic carbocycles. The molecule has 0 aliphatic carbocycles. The number of allylic oxidation sites excluding steroid dienone is 1. The second kappa shape index (κ2) is 6.72. The molecule has 2 aromatic rings. The molecule has 0 saturated heterocycles. The maximum atomic E-state index is 11.1. The topological polar surface area (TPSA) is 98.2 Å². The highest BCUT2D eigenvalue weighted by atomic mass is 16.5. The molecular formula is C15H17N5O2. The molecule has 2 heterocycles. The van der Waals surface area contributed by atoms with Crippen molar-refractivity contribution in [1.29, 1.82) is 0 Å². The van der Waals surface area contributed by atoms with E-state index >= 15 is 0 Å². The highest BCUT2D eigenvalue weighted by Gasteiger charge is 2.13. The van der Waals surface area contributed by atoms with Crippen LogP contribution < -0.4 is 10.5 Å². The second-order valence-electron chi connectivity index (χ2n) is 5.19. The van der Waals surface area contributed by atoms with Gasteiger partial charge >= 0.3 is 0 Å². The quantitative estimate of drug-likeness (QED) is 0.628. The van der Waals surface area contributed by atoms with Crippen LogP contribution in [0.15, 0.2) is 24.3 Å². The van der Waals surface area contributed by atoms with Crippen molar-refractivity contribution in [1.82, 2.24) is 15.0 Å². The van der Waals surface area contributed by atoms with E-state index in [1.807, 2.05) is 13.8 Å². The zero-order chi connectivity index (χ0) is 16.1. The third kappa shape index (κ3) is 3.41. The number of carbonyl (C=O) groups is 1. The number of aromatic nitrogens is 3. The second-order valence-corrected chi connectivity index (χ2v) is 5.19. The van der Waals surface area contributed by atoms with Gasteiger partial charge in [0.25, 0.3) is 0 Å². The van der Waals surface area contributed by atoms with Crippen LogP contribution in [0.3, 0.4) is 0 Å². The van der Waals surface area contributed by atoms with E-state index in [2.05, 4.69) is 19.8 Å². The molecule has 0 bridgehead atoms. The van der Waals surface area contributed by atoms with Crippen molar-refractivity contribution < 1.29 is 9.53 Å². The lowest BCUT2D eigenvalue weighted by atomic mass is 10.1. The number of carbonyl (C=O) groups excluding carboxylic acids is 1. The number of hydrogen-bond donors (Lipinski definition) is 2. The molecule has 3 N–H and O–H groups in total. The van der Waals surface area contributed by atoms with Gasteiger partial charge in [-0.15, -0.1) is 0 Å². The first-order valence-electron chi connectivity index (χ1n) is 6.84. The molecule has 0 unspecified atom stereocenters. The van der Waals surface area contributed by atoms with E-state index in [0.717, 1.165) is 10.9 Å². The highest BCUT2D eigenvalue weighted by molar-refractivity contribution is 5.94. The third-order valence-corrected chi connectivity index (χ3v) is 2.96. The molecule has 114 valence electrons. The number of H-pyrrole nitrogens is 1. The van der Waals surface area contributed by atoms with E-state index < -0.39 is 5.91 Å². The minimum absolute atomic E-state index is 0.0872. The van der Waals surface area contributed by atoms with Crippen molar-refractivity contribution in [2.24, 2.45) is 11.7 Å². The smallest absolute Gasteiger partial charge is 0.247 e. The number of nitrogens with one attached hydrogen (secondary N) is 1. The first kappa shape index (κ1) is 15.5. The molecule has 0 fully saturated rings. The van der Waals surface area contributed by atoms with Crippen LogP contribution >= 0.6 is 0 Å². The largest absolute Gasteiger partial charge is 0.477 e. The first-order chi connectivity index (χ1) is 10.5. The molecule has 2 aromatic heterocycles. The van der Waals surface area contributed by atoms with Crippen molar-refractivity contribution in [2.75, 3.05) is 6.61 Å². The SMILES string of the molecule is [C-]#[N+]/C(=C\Cc1c[nH]c2ncnc(OCC(C)C)c12)C(N)=O. The summed E-state index contributed by atoms with van der Waals surface area (Å²) in [6.07, 6.45) is 5.06. The lowest BCUT2D eigenvalue weighted by molar-refractivity contribution is -0.114. The number of aromatic amines is 1. The van der Waals surface area contributed by atoms with Crippen molar-refractivity contribution in [3.63, 3.8) is 0 Å². The van der Waals surface area contributed by atoms with Crippen LogP contribution in [0, 0.1) is 12.5 Å². The molecule has 0 radical (unpaired) electrons. The lowest BCUT2D eigenvalue weighted by Crippen LogP contribution is -2.11. The van der Waals surface area contributed by atoms with Crippen molar-refractivity contribution in [3.05, 3.63) is 41.3 Å². The Labute approximate surface area is 128 Å². The summed E-state index contributed by atoms with van der Waals surface area (Å²) < 4.78 is 5.72. The summed E-state index contributed by atoms with van der Waals surface area (Å²) in [5.41, 5.74) is 6.54. The fourth-order valence-electron chi connectivity index (χ4n) is 1.92. The number of ether oxygens (including phenoxy) is 1. The summed E-state index contributed by atoms with van der Waals surface area (Å²) in [5.74, 6) is 0.130. The number of rotatable bonds is 6. The van der Waals surface area contributed by atoms with Gasteiger partial charge in [-0.3, -0.25) is 4.79 Å². The standard InChI is InChI=1S/C15H17N5O2/c1-9(2)7-22-15-12-10(4-5-11(17-3)13(16)21)6-18-14(12)19-8-20-15/h5-6,8-9H,4,7H2,1-2H3,(H2,16,21)(H,18,19,20)/b11-5-. The van der Waals surface area contributed by atoms with Gasteiger partial charge in [0, 0.05) is 6.20 Å². The Morgan fingerprint density at radius 1 is 1.55 bits per heavy atom. The maximum absolute atomic E-state index is 11.1. The van der Waals surface area contributed by atoms with Gasteiger partial charge in [-0.05, 0) is 17.9 Å². The summed E-state index contributed by atoms with van der Waals surface area (Å²) >= 11 is 0. The Hall–Kier alpha value is -2.88. The van der Waals surface area contributed by atoms with E-state index in [0.29, 0.717) is 30.5 Å². The lowest BCUT2D eigenvalue weighted by Gasteiger charge is -2.09. The monoisotopic (exact) mass is 299 g/mol. The molecule has 0 spiro atoms. The van der Waals surface area contributed by atoms with E-state index in [-0.39, 0.29) is 5.70 Å². The predicted molar refractivity (Wildman–Crippen MR) is 81.8 cm³/mol. The molecule has 0 aliphatic rings. The predicted octanol–water partition coefficient (Wildman–Crippen LogP) is 1.82. The Morgan fingerprint density at radius 3 is 2.95 bits per heavy atom. The molecule has 2 rings (SSSR count). The fourth-order valence-corrected chi connectivity index (χ4v) is 1.92. The van der Waals surface area contributed by atoms with Crippen LogP contribution in [0.5, 0.6) is 5.88 Å². The number of hydrogen-bond acceptors (Lipinski definition) is 4. The number of nitrogens with zero attached hydrogens (tertiary/aromatic N) is 3. The Balaban J connectivity index is 2.35. The van der Waals surface area contributed by atoms with E-state index in [9.17, 15) is 4.79 Å². The minimum Gasteiger partial charge on any atom is -0.477 e. The molecule has 7 heteroatoms. The Kier molecular flexibility index (Phi) is 4.73. The summed E-state index contributed by atoms with van der Waals surface area (Å²) in [7, 11) is 0. The van der Waals surface area contributed by atoms with Gasteiger partial charge < -0.3 is 15.5 Å². The van der Waals surface area contributed by atoms with Crippen LogP contribution in [0.1, 0.15) is 19.4 Å². The van der Waals surface area contributed by atoms with E-state index in [1.54, 1.807) is 6.20 Å². The van der Waals surface area contributed by atoms with Gasteiger partial charge in [-0.1, -0.05) is 19.9 Å². The van der Waals surface area contributed by atoms with Crippen LogP contribution in [-0.4, -0.2) is 27.5 Å². The number of primary amides is 1.